The molecule has 2 saturated carbocycles. The van der Waals surface area contributed by atoms with Crippen molar-refractivity contribution in [2.45, 2.75) is 89.8 Å². The molecule has 13 nitrogen and oxygen atoms in total. The third kappa shape index (κ3) is 5.24. The predicted molar refractivity (Wildman–Crippen MR) is 147 cm³/mol. The average Bonchev–Trinajstić information content (AvgIpc) is 3.34. The van der Waals surface area contributed by atoms with Crippen LogP contribution in [0, 0.1) is 38.7 Å². The number of carbonyl (C=O) groups excluding carboxylic acids is 4. The number of nitrogens with one attached hydrogen (secondary N) is 1. The second kappa shape index (κ2) is 11.3. The van der Waals surface area contributed by atoms with Crippen LogP contribution in [0.15, 0.2) is 23.6 Å². The quantitative estimate of drug-likeness (QED) is 0.158. The van der Waals surface area contributed by atoms with E-state index in [0.29, 0.717) is 12.0 Å². The SMILES string of the molecule is CC1(C)O[C@@H]2C[C@H]3[C@@H]4CC(F)=C5CC(=O)C=C[C@]5(C)[C@H]4[C@@H](O)C[C@]3(C)[C@]2(C(=O)COC(=O)CNC(=O)CCCO[N+](=O)[O-])O1. The fraction of sp³-hybridized carbons (Fsp3) is 0.733. The van der Waals surface area contributed by atoms with Gasteiger partial charge < -0.3 is 29.5 Å². The molecule has 0 bridgehead atoms. The van der Waals surface area contributed by atoms with Crippen LogP contribution in [-0.4, -0.2) is 77.0 Å². The van der Waals surface area contributed by atoms with Crippen molar-refractivity contribution in [1.29, 1.82) is 0 Å². The van der Waals surface area contributed by atoms with E-state index in [1.807, 2.05) is 13.8 Å². The summed E-state index contributed by atoms with van der Waals surface area (Å²) < 4.78 is 33.6. The number of fused-ring (bicyclic) bond motifs is 7. The molecule has 1 amide bonds. The minimum absolute atomic E-state index is 0.0238. The molecule has 0 aromatic carbocycles. The van der Waals surface area contributed by atoms with Gasteiger partial charge in [-0.2, -0.15) is 0 Å². The van der Waals surface area contributed by atoms with Crippen molar-refractivity contribution in [3.63, 3.8) is 0 Å². The van der Waals surface area contributed by atoms with Crippen LogP contribution in [-0.2, 0) is 38.2 Å². The van der Waals surface area contributed by atoms with Gasteiger partial charge in [-0.25, -0.2) is 4.39 Å². The summed E-state index contributed by atoms with van der Waals surface area (Å²) in [6.07, 6.45) is 1.96. The van der Waals surface area contributed by atoms with Gasteiger partial charge >= 0.3 is 5.97 Å². The van der Waals surface area contributed by atoms with E-state index in [4.69, 9.17) is 14.2 Å². The molecule has 8 atom stereocenters. The summed E-state index contributed by atoms with van der Waals surface area (Å²) in [7, 11) is 0. The van der Waals surface area contributed by atoms with E-state index in [2.05, 4.69) is 10.2 Å². The lowest BCUT2D eigenvalue weighted by Gasteiger charge is -2.59. The third-order valence-electron chi connectivity index (χ3n) is 10.5. The molecular weight excluding hydrogens is 583 g/mol. The standard InChI is InChI=1S/C30H39FN2O11/c1-27(2)43-23-12-18-17-11-20(31)19-10-16(34)7-8-28(19,3)26(17)21(35)13-29(18,4)30(23,44-27)22(36)15-41-25(38)14-32-24(37)6-5-9-42-33(39)40/h7-8,17-18,21,23,26,35H,5-6,9-15H2,1-4H3,(H,32,37)/t17-,18-,21-,23+,26+,28-,29-,30+/m0/s1. The van der Waals surface area contributed by atoms with Crippen LogP contribution in [0.2, 0.25) is 0 Å². The van der Waals surface area contributed by atoms with Gasteiger partial charge in [0.2, 0.25) is 11.7 Å². The van der Waals surface area contributed by atoms with Crippen molar-refractivity contribution < 1.29 is 52.8 Å². The molecule has 4 aliphatic carbocycles. The number of ether oxygens (including phenoxy) is 3. The predicted octanol–water partition coefficient (Wildman–Crippen LogP) is 2.28. The van der Waals surface area contributed by atoms with Gasteiger partial charge in [-0.3, -0.25) is 19.2 Å². The number of ketones is 2. The Balaban J connectivity index is 1.32. The topological polar surface area (TPSA) is 181 Å². The number of hydrogen-bond acceptors (Lipinski definition) is 11. The summed E-state index contributed by atoms with van der Waals surface area (Å²) in [4.78, 5) is 64.9. The van der Waals surface area contributed by atoms with Gasteiger partial charge in [0.05, 0.1) is 18.8 Å². The molecule has 2 N–H and O–H groups in total. The van der Waals surface area contributed by atoms with Crippen LogP contribution < -0.4 is 5.32 Å². The highest BCUT2D eigenvalue weighted by Crippen LogP contribution is 2.70. The van der Waals surface area contributed by atoms with Crippen molar-refractivity contribution in [1.82, 2.24) is 5.32 Å². The number of carbonyl (C=O) groups is 4. The van der Waals surface area contributed by atoms with Gasteiger partial charge in [0.1, 0.15) is 12.4 Å². The van der Waals surface area contributed by atoms with Crippen LogP contribution in [0.3, 0.4) is 0 Å². The van der Waals surface area contributed by atoms with Crippen LogP contribution in [0.1, 0.15) is 66.2 Å². The fourth-order valence-corrected chi connectivity index (χ4v) is 8.84. The summed E-state index contributed by atoms with van der Waals surface area (Å²) >= 11 is 0. The van der Waals surface area contributed by atoms with Crippen LogP contribution in [0.25, 0.3) is 0 Å². The second-order valence-electron chi connectivity index (χ2n) is 13.4. The Morgan fingerprint density at radius 3 is 2.68 bits per heavy atom. The molecule has 1 heterocycles. The number of esters is 1. The van der Waals surface area contributed by atoms with E-state index in [1.165, 1.54) is 6.08 Å². The van der Waals surface area contributed by atoms with E-state index >= 15 is 4.39 Å². The molecule has 0 aromatic heterocycles. The highest BCUT2D eigenvalue weighted by atomic mass is 19.1. The first-order valence-corrected chi connectivity index (χ1v) is 14.9. The maximum Gasteiger partial charge on any atom is 0.325 e. The highest BCUT2D eigenvalue weighted by Gasteiger charge is 2.77. The zero-order chi connectivity index (χ0) is 32.2. The Morgan fingerprint density at radius 2 is 1.98 bits per heavy atom. The molecule has 0 radical (unpaired) electrons. The lowest BCUT2D eigenvalue weighted by Crippen LogP contribution is -2.64. The van der Waals surface area contributed by atoms with Crippen molar-refractivity contribution in [2.24, 2.45) is 28.6 Å². The number of Topliss-reactive ketones (excluding diaryl/α,β-unsaturated/α-hetero) is 1. The monoisotopic (exact) mass is 622 g/mol. The molecule has 0 unspecified atom stereocenters. The van der Waals surface area contributed by atoms with Gasteiger partial charge in [-0.05, 0) is 56.6 Å². The fourth-order valence-electron chi connectivity index (χ4n) is 8.84. The summed E-state index contributed by atoms with van der Waals surface area (Å²) in [6, 6.07) is 0. The first-order chi connectivity index (χ1) is 20.5. The number of nitrogens with zero attached hydrogens (tertiary/aromatic N) is 1. The molecule has 14 heteroatoms. The zero-order valence-corrected chi connectivity index (χ0v) is 25.3. The first kappa shape index (κ1) is 32.2. The van der Waals surface area contributed by atoms with Crippen molar-refractivity contribution in [3.05, 3.63) is 33.7 Å². The molecule has 1 aliphatic heterocycles. The Kier molecular flexibility index (Phi) is 8.25. The first-order valence-electron chi connectivity index (χ1n) is 14.9. The molecular formula is C30H39FN2O11. The number of amides is 1. The summed E-state index contributed by atoms with van der Waals surface area (Å²) in [5.41, 5.74) is -3.03. The third-order valence-corrected chi connectivity index (χ3v) is 10.5. The molecule has 44 heavy (non-hydrogen) atoms. The maximum atomic E-state index is 15.7. The number of allylic oxidation sites excluding steroid dienone is 4. The van der Waals surface area contributed by atoms with E-state index in [9.17, 15) is 34.4 Å². The average molecular weight is 623 g/mol. The number of aliphatic hydroxyl groups excluding tert-OH is 1. The molecule has 0 spiro atoms. The Morgan fingerprint density at radius 1 is 1.25 bits per heavy atom. The Labute approximate surface area is 253 Å². The van der Waals surface area contributed by atoms with Gasteiger partial charge in [-0.15, -0.1) is 10.1 Å². The summed E-state index contributed by atoms with van der Waals surface area (Å²) in [5, 5.41) is 23.3. The van der Waals surface area contributed by atoms with E-state index in [1.54, 1.807) is 19.9 Å². The van der Waals surface area contributed by atoms with E-state index in [-0.39, 0.29) is 68.1 Å². The highest BCUT2D eigenvalue weighted by molar-refractivity contribution is 5.94. The lowest BCUT2D eigenvalue weighted by molar-refractivity contribution is -0.757. The van der Waals surface area contributed by atoms with Crippen LogP contribution >= 0.6 is 0 Å². The molecule has 0 aromatic rings. The summed E-state index contributed by atoms with van der Waals surface area (Å²) in [5.74, 6) is -4.70. The van der Waals surface area contributed by atoms with Gasteiger partial charge in [-0.1, -0.05) is 19.9 Å². The van der Waals surface area contributed by atoms with Crippen molar-refractivity contribution in [3.8, 4) is 0 Å². The maximum absolute atomic E-state index is 15.7. The van der Waals surface area contributed by atoms with Gasteiger partial charge in [0, 0.05) is 36.0 Å². The minimum Gasteiger partial charge on any atom is -0.456 e. The number of aliphatic hydroxyl groups is 1. The molecule has 242 valence electrons. The van der Waals surface area contributed by atoms with Crippen LogP contribution in [0.5, 0.6) is 0 Å². The minimum atomic E-state index is -1.59. The normalized spacial score (nSPS) is 38.2. The largest absolute Gasteiger partial charge is 0.456 e. The zero-order valence-electron chi connectivity index (χ0n) is 25.3. The van der Waals surface area contributed by atoms with Crippen molar-refractivity contribution in [2.75, 3.05) is 19.8 Å². The van der Waals surface area contributed by atoms with Crippen molar-refractivity contribution >= 4 is 23.4 Å². The lowest BCUT2D eigenvalue weighted by atomic mass is 9.46. The Bertz CT molecular complexity index is 1330. The molecule has 3 fully saturated rings. The number of hydrogen-bond donors (Lipinski definition) is 2. The van der Waals surface area contributed by atoms with Gasteiger partial charge in [0.15, 0.2) is 23.8 Å². The van der Waals surface area contributed by atoms with Crippen LogP contribution in [0.4, 0.5) is 4.39 Å². The smallest absolute Gasteiger partial charge is 0.325 e. The number of halogens is 1. The molecule has 5 aliphatic rings. The number of rotatable bonds is 10. The van der Waals surface area contributed by atoms with Gasteiger partial charge in [0.25, 0.3) is 5.09 Å². The van der Waals surface area contributed by atoms with E-state index < -0.39 is 70.3 Å². The molecule has 5 rings (SSSR count). The molecule has 1 saturated heterocycles. The summed E-state index contributed by atoms with van der Waals surface area (Å²) in [6.45, 7) is 5.61. The van der Waals surface area contributed by atoms with E-state index in [0.717, 1.165) is 0 Å². The second-order valence-corrected chi connectivity index (χ2v) is 13.4. The Hall–Kier alpha value is -3.23.